The van der Waals surface area contributed by atoms with Crippen LogP contribution in [0.1, 0.15) is 25.3 Å². The molecule has 5 heteroatoms. The Labute approximate surface area is 152 Å². The molecule has 2 aromatic carbocycles. The van der Waals surface area contributed by atoms with Crippen molar-refractivity contribution in [1.82, 2.24) is 0 Å². The fraction of sp³-hybridized carbons (Fsp3) is 0.300. The number of ether oxygens (including phenoxy) is 1. The van der Waals surface area contributed by atoms with Gasteiger partial charge in [-0.25, -0.2) is 4.79 Å². The number of amides is 1. The second-order valence-corrected chi connectivity index (χ2v) is 7.28. The van der Waals surface area contributed by atoms with Gasteiger partial charge in [-0.1, -0.05) is 54.2 Å². The number of aryl methyl sites for hydroxylation is 1. The normalized spacial score (nSPS) is 19.0. The first-order valence-corrected chi connectivity index (χ1v) is 9.28. The van der Waals surface area contributed by atoms with E-state index in [9.17, 15) is 9.59 Å². The number of esters is 1. The monoisotopic (exact) mass is 355 g/mol. The molecule has 0 spiro atoms. The van der Waals surface area contributed by atoms with Crippen LogP contribution in [0.4, 0.5) is 5.69 Å². The van der Waals surface area contributed by atoms with Gasteiger partial charge in [0.25, 0.3) is 5.91 Å². The van der Waals surface area contributed by atoms with E-state index in [2.05, 4.69) is 17.4 Å². The van der Waals surface area contributed by atoms with Crippen LogP contribution in [0.15, 0.2) is 59.5 Å². The lowest BCUT2D eigenvalue weighted by molar-refractivity contribution is -0.149. The van der Waals surface area contributed by atoms with Crippen molar-refractivity contribution in [2.45, 2.75) is 35.8 Å². The van der Waals surface area contributed by atoms with Crippen LogP contribution in [-0.2, 0) is 20.7 Å². The fourth-order valence-electron chi connectivity index (χ4n) is 2.95. The summed E-state index contributed by atoms with van der Waals surface area (Å²) in [5.74, 6) is -0.747. The Kier molecular flexibility index (Phi) is 5.43. The average Bonchev–Trinajstić information content (AvgIpc) is 2.63. The molecule has 0 aliphatic carbocycles. The van der Waals surface area contributed by atoms with Crippen molar-refractivity contribution >= 4 is 29.3 Å². The maximum atomic E-state index is 12.8. The molecule has 0 aromatic heterocycles. The van der Waals surface area contributed by atoms with E-state index in [1.165, 1.54) is 17.3 Å². The minimum absolute atomic E-state index is 0.259. The van der Waals surface area contributed by atoms with Crippen molar-refractivity contribution in [2.75, 3.05) is 11.9 Å². The number of hydrogen-bond donors (Lipinski definition) is 1. The number of carbonyl (C=O) groups is 2. The topological polar surface area (TPSA) is 55.4 Å². The molecule has 1 aliphatic rings. The highest BCUT2D eigenvalue weighted by Gasteiger charge is 2.50. The van der Waals surface area contributed by atoms with Gasteiger partial charge in [0.05, 0.1) is 12.3 Å². The molecule has 1 atom stereocenters. The SMILES string of the molecule is CCOC(=O)C1(CCCc2ccccc2)Sc2ccccc2NC1=O. The van der Waals surface area contributed by atoms with E-state index in [4.69, 9.17) is 4.74 Å². The third-order valence-electron chi connectivity index (χ3n) is 4.23. The number of nitrogens with one attached hydrogen (secondary N) is 1. The Balaban J connectivity index is 1.81. The molecule has 4 nitrogen and oxygen atoms in total. The molecular formula is C20H21NO3S. The van der Waals surface area contributed by atoms with Gasteiger partial charge in [0.1, 0.15) is 0 Å². The van der Waals surface area contributed by atoms with Gasteiger partial charge in [-0.2, -0.15) is 0 Å². The van der Waals surface area contributed by atoms with E-state index in [0.717, 1.165) is 23.4 Å². The number of para-hydroxylation sites is 1. The number of carbonyl (C=O) groups excluding carboxylic acids is 2. The molecule has 0 fully saturated rings. The highest BCUT2D eigenvalue weighted by Crippen LogP contribution is 2.45. The average molecular weight is 355 g/mol. The van der Waals surface area contributed by atoms with Crippen LogP contribution in [0.3, 0.4) is 0 Å². The van der Waals surface area contributed by atoms with Crippen LogP contribution in [0.25, 0.3) is 0 Å². The molecule has 0 bridgehead atoms. The summed E-state index contributed by atoms with van der Waals surface area (Å²) >= 11 is 1.31. The summed E-state index contributed by atoms with van der Waals surface area (Å²) in [4.78, 5) is 26.4. The summed E-state index contributed by atoms with van der Waals surface area (Å²) in [6, 6.07) is 17.6. The van der Waals surface area contributed by atoms with Crippen LogP contribution in [0.2, 0.25) is 0 Å². The van der Waals surface area contributed by atoms with Gasteiger partial charge in [-0.05, 0) is 43.9 Å². The quantitative estimate of drug-likeness (QED) is 0.627. The lowest BCUT2D eigenvalue weighted by atomic mass is 9.97. The second-order valence-electron chi connectivity index (χ2n) is 5.94. The van der Waals surface area contributed by atoms with Gasteiger partial charge in [-0.15, -0.1) is 0 Å². The zero-order chi connectivity index (χ0) is 17.7. The summed E-state index contributed by atoms with van der Waals surface area (Å²) in [7, 11) is 0. The molecular weight excluding hydrogens is 334 g/mol. The molecule has 25 heavy (non-hydrogen) atoms. The fourth-order valence-corrected chi connectivity index (χ4v) is 4.23. The van der Waals surface area contributed by atoms with Crippen molar-refractivity contribution in [3.05, 3.63) is 60.2 Å². The van der Waals surface area contributed by atoms with E-state index in [1.807, 2.05) is 42.5 Å². The van der Waals surface area contributed by atoms with E-state index < -0.39 is 10.7 Å². The lowest BCUT2D eigenvalue weighted by Gasteiger charge is -2.34. The van der Waals surface area contributed by atoms with Crippen molar-refractivity contribution < 1.29 is 14.3 Å². The third-order valence-corrected chi connectivity index (χ3v) is 5.71. The first-order valence-electron chi connectivity index (χ1n) is 8.46. The maximum absolute atomic E-state index is 12.8. The summed E-state index contributed by atoms with van der Waals surface area (Å²) in [5, 5.41) is 2.88. The first-order chi connectivity index (χ1) is 12.2. The summed E-state index contributed by atoms with van der Waals surface area (Å²) in [6.45, 7) is 2.02. The van der Waals surface area contributed by atoms with Gasteiger partial charge >= 0.3 is 5.97 Å². The van der Waals surface area contributed by atoms with Gasteiger partial charge < -0.3 is 10.1 Å². The van der Waals surface area contributed by atoms with E-state index in [0.29, 0.717) is 6.42 Å². The van der Waals surface area contributed by atoms with Crippen LogP contribution in [0.5, 0.6) is 0 Å². The van der Waals surface area contributed by atoms with Crippen LogP contribution < -0.4 is 5.32 Å². The van der Waals surface area contributed by atoms with Crippen LogP contribution >= 0.6 is 11.8 Å². The minimum Gasteiger partial charge on any atom is -0.465 e. The number of benzene rings is 2. The highest BCUT2D eigenvalue weighted by molar-refractivity contribution is 8.02. The Bertz CT molecular complexity index is 763. The summed E-state index contributed by atoms with van der Waals surface area (Å²) < 4.78 is 4.03. The molecule has 0 saturated heterocycles. The van der Waals surface area contributed by atoms with Crippen LogP contribution in [0, 0.1) is 0 Å². The molecule has 0 radical (unpaired) electrons. The maximum Gasteiger partial charge on any atom is 0.332 e. The van der Waals surface area contributed by atoms with Crippen molar-refractivity contribution in [3.8, 4) is 0 Å². The first kappa shape index (κ1) is 17.5. The van der Waals surface area contributed by atoms with Crippen molar-refractivity contribution in [3.63, 3.8) is 0 Å². The molecule has 130 valence electrons. The molecule has 1 N–H and O–H groups in total. The van der Waals surface area contributed by atoms with Gasteiger partial charge in [-0.3, -0.25) is 4.79 Å². The standard InChI is InChI=1S/C20H21NO3S/c1-2-24-19(23)20(14-8-11-15-9-4-3-5-10-15)18(22)21-16-12-6-7-13-17(16)25-20/h3-7,9-10,12-13H,2,8,11,14H2,1H3,(H,21,22). The highest BCUT2D eigenvalue weighted by atomic mass is 32.2. The molecule has 1 amide bonds. The Morgan fingerprint density at radius 2 is 1.84 bits per heavy atom. The zero-order valence-corrected chi connectivity index (χ0v) is 15.0. The number of rotatable bonds is 6. The third kappa shape index (κ3) is 3.71. The Morgan fingerprint density at radius 1 is 1.12 bits per heavy atom. The summed E-state index contributed by atoms with van der Waals surface area (Å²) in [6.07, 6.45) is 1.98. The second kappa shape index (κ2) is 7.74. The van der Waals surface area contributed by atoms with E-state index in [-0.39, 0.29) is 12.5 Å². The number of thioether (sulfide) groups is 1. The zero-order valence-electron chi connectivity index (χ0n) is 14.2. The van der Waals surface area contributed by atoms with Crippen molar-refractivity contribution in [2.24, 2.45) is 0 Å². The molecule has 0 saturated carbocycles. The number of fused-ring (bicyclic) bond motifs is 1. The van der Waals surface area contributed by atoms with E-state index in [1.54, 1.807) is 6.92 Å². The van der Waals surface area contributed by atoms with Gasteiger partial charge in [0.15, 0.2) is 4.75 Å². The predicted molar refractivity (Wildman–Crippen MR) is 99.7 cm³/mol. The molecule has 1 unspecified atom stereocenters. The Morgan fingerprint density at radius 3 is 2.60 bits per heavy atom. The molecule has 1 heterocycles. The van der Waals surface area contributed by atoms with E-state index >= 15 is 0 Å². The minimum atomic E-state index is -1.22. The van der Waals surface area contributed by atoms with Gasteiger partial charge in [0, 0.05) is 4.90 Å². The molecule has 2 aromatic rings. The summed E-state index contributed by atoms with van der Waals surface area (Å²) in [5.41, 5.74) is 1.95. The predicted octanol–water partition coefficient (Wildman–Crippen LogP) is 4.06. The molecule has 3 rings (SSSR count). The number of hydrogen-bond acceptors (Lipinski definition) is 4. The lowest BCUT2D eigenvalue weighted by Crippen LogP contribution is -2.50. The van der Waals surface area contributed by atoms with Crippen molar-refractivity contribution in [1.29, 1.82) is 0 Å². The smallest absolute Gasteiger partial charge is 0.332 e. The number of anilines is 1. The molecule has 1 aliphatic heterocycles. The van der Waals surface area contributed by atoms with Gasteiger partial charge in [0.2, 0.25) is 0 Å². The Hall–Kier alpha value is -2.27. The van der Waals surface area contributed by atoms with Crippen LogP contribution in [-0.4, -0.2) is 23.2 Å². The largest absolute Gasteiger partial charge is 0.465 e.